The fraction of sp³-hybridized carbons (Fsp3) is 0.588. The molecule has 6 nitrogen and oxygen atoms in total. The lowest BCUT2D eigenvalue weighted by Gasteiger charge is -2.26. The Balaban J connectivity index is 1.48. The Morgan fingerprint density at radius 3 is 2.54 bits per heavy atom. The molecule has 24 heavy (non-hydrogen) atoms. The first-order valence-corrected chi connectivity index (χ1v) is 10.2. The third-order valence-corrected chi connectivity index (χ3v) is 6.24. The number of nitrogens with zero attached hydrogens (tertiary/aromatic N) is 1. The van der Waals surface area contributed by atoms with Gasteiger partial charge < -0.3 is 10.1 Å². The monoisotopic (exact) mass is 352 g/mol. The van der Waals surface area contributed by atoms with Crippen molar-refractivity contribution < 1.29 is 17.9 Å². The Bertz CT molecular complexity index is 652. The second kappa shape index (κ2) is 7.63. The highest BCUT2D eigenvalue weighted by Crippen LogP contribution is 2.13. The van der Waals surface area contributed by atoms with Gasteiger partial charge in [0.05, 0.1) is 18.1 Å². The summed E-state index contributed by atoms with van der Waals surface area (Å²) < 4.78 is 28.2. The fourth-order valence-corrected chi connectivity index (χ4v) is 4.29. The molecular formula is C17H24N2O4S. The molecule has 0 aromatic heterocycles. The molecule has 2 aliphatic heterocycles. The number of ether oxygens (including phenoxy) is 1. The number of carbonyl (C=O) groups is 1. The average molecular weight is 352 g/mol. The summed E-state index contributed by atoms with van der Waals surface area (Å²) in [6, 6.07) is 7.54. The van der Waals surface area contributed by atoms with Gasteiger partial charge in [0, 0.05) is 44.3 Å². The van der Waals surface area contributed by atoms with Crippen LogP contribution in [0.3, 0.4) is 0 Å². The van der Waals surface area contributed by atoms with Crippen LogP contribution < -0.4 is 5.32 Å². The van der Waals surface area contributed by atoms with Crippen LogP contribution >= 0.6 is 0 Å². The third kappa shape index (κ3) is 4.78. The number of rotatable bonds is 5. The number of amides is 1. The van der Waals surface area contributed by atoms with Gasteiger partial charge in [0.1, 0.15) is 0 Å². The molecule has 2 fully saturated rings. The van der Waals surface area contributed by atoms with Crippen LogP contribution in [0.4, 0.5) is 0 Å². The van der Waals surface area contributed by atoms with Gasteiger partial charge in [-0.25, -0.2) is 8.42 Å². The van der Waals surface area contributed by atoms with Crippen molar-refractivity contribution in [3.8, 4) is 0 Å². The van der Waals surface area contributed by atoms with Crippen LogP contribution in [0.25, 0.3) is 0 Å². The zero-order chi connectivity index (χ0) is 17.0. The molecule has 0 saturated carbocycles. The van der Waals surface area contributed by atoms with Gasteiger partial charge in [-0.15, -0.1) is 0 Å². The molecule has 7 heteroatoms. The van der Waals surface area contributed by atoms with Gasteiger partial charge in [0.25, 0.3) is 5.91 Å². The molecule has 2 heterocycles. The van der Waals surface area contributed by atoms with Gasteiger partial charge in [0.15, 0.2) is 9.84 Å². The maximum atomic E-state index is 12.1. The van der Waals surface area contributed by atoms with E-state index < -0.39 is 9.84 Å². The number of sulfone groups is 1. The fourth-order valence-electron chi connectivity index (χ4n) is 3.01. The van der Waals surface area contributed by atoms with Crippen LogP contribution in [0.5, 0.6) is 0 Å². The van der Waals surface area contributed by atoms with E-state index >= 15 is 0 Å². The van der Waals surface area contributed by atoms with Gasteiger partial charge >= 0.3 is 0 Å². The highest BCUT2D eigenvalue weighted by Gasteiger charge is 2.21. The second-order valence-corrected chi connectivity index (χ2v) is 8.87. The summed E-state index contributed by atoms with van der Waals surface area (Å²) in [5, 5.41) is 2.95. The van der Waals surface area contributed by atoms with E-state index in [0.29, 0.717) is 31.1 Å². The minimum Gasteiger partial charge on any atom is -0.381 e. The molecule has 1 aromatic carbocycles. The largest absolute Gasteiger partial charge is 0.381 e. The number of hydrogen-bond donors (Lipinski definition) is 1. The minimum absolute atomic E-state index is 0.0579. The van der Waals surface area contributed by atoms with Crippen molar-refractivity contribution in [2.75, 3.05) is 44.4 Å². The molecule has 0 spiro atoms. The predicted molar refractivity (Wildman–Crippen MR) is 91.6 cm³/mol. The summed E-state index contributed by atoms with van der Waals surface area (Å²) in [7, 11) is -2.84. The van der Waals surface area contributed by atoms with Crippen molar-refractivity contribution in [1.29, 1.82) is 0 Å². The maximum Gasteiger partial charge on any atom is 0.251 e. The molecule has 0 radical (unpaired) electrons. The Hall–Kier alpha value is -1.44. The van der Waals surface area contributed by atoms with E-state index in [0.717, 1.165) is 31.7 Å². The van der Waals surface area contributed by atoms with Crippen molar-refractivity contribution >= 4 is 15.7 Å². The summed E-state index contributed by atoms with van der Waals surface area (Å²) in [5.41, 5.74) is 1.74. The third-order valence-electron chi connectivity index (χ3n) is 4.63. The van der Waals surface area contributed by atoms with E-state index in [1.54, 1.807) is 0 Å². The number of nitrogens with one attached hydrogen (secondary N) is 1. The molecule has 0 unspecified atom stereocenters. The lowest BCUT2D eigenvalue weighted by Crippen LogP contribution is -2.39. The predicted octanol–water partition coefficient (Wildman–Crippen LogP) is 0.683. The molecule has 0 aliphatic carbocycles. The molecule has 3 rings (SSSR count). The summed E-state index contributed by atoms with van der Waals surface area (Å²) in [5.74, 6) is 0.831. The van der Waals surface area contributed by atoms with E-state index in [-0.39, 0.29) is 17.4 Å². The van der Waals surface area contributed by atoms with E-state index in [1.165, 1.54) is 0 Å². The number of carbonyl (C=O) groups excluding carboxylic acids is 1. The first-order valence-electron chi connectivity index (χ1n) is 8.39. The zero-order valence-electron chi connectivity index (χ0n) is 13.7. The van der Waals surface area contributed by atoms with Crippen molar-refractivity contribution in [1.82, 2.24) is 10.2 Å². The van der Waals surface area contributed by atoms with Crippen molar-refractivity contribution in [2.45, 2.75) is 13.0 Å². The normalized spacial score (nSPS) is 23.9. The van der Waals surface area contributed by atoms with Crippen LogP contribution in [0.15, 0.2) is 24.3 Å². The topological polar surface area (TPSA) is 75.7 Å². The Morgan fingerprint density at radius 2 is 1.92 bits per heavy atom. The molecule has 1 amide bonds. The SMILES string of the molecule is O=C(NC[C@H]1CCOC1)c1ccc(CN2CCS(=O)(=O)CC2)cc1. The Labute approximate surface area is 143 Å². The van der Waals surface area contributed by atoms with Gasteiger partial charge in [-0.1, -0.05) is 12.1 Å². The van der Waals surface area contributed by atoms with Crippen molar-refractivity contribution in [3.05, 3.63) is 35.4 Å². The highest BCUT2D eigenvalue weighted by molar-refractivity contribution is 7.91. The molecule has 1 N–H and O–H groups in total. The standard InChI is InChI=1S/C17H24N2O4S/c20-17(18-11-15-5-8-23-13-15)16-3-1-14(2-4-16)12-19-6-9-24(21,22)10-7-19/h1-4,15H,5-13H2,(H,18,20)/t15-/m1/s1. The Morgan fingerprint density at radius 1 is 1.21 bits per heavy atom. The van der Waals surface area contributed by atoms with Gasteiger partial charge in [0.2, 0.25) is 0 Å². The summed E-state index contributed by atoms with van der Waals surface area (Å²) in [6.45, 7) is 4.04. The van der Waals surface area contributed by atoms with E-state index in [1.807, 2.05) is 24.3 Å². The average Bonchev–Trinajstić information content (AvgIpc) is 3.09. The summed E-state index contributed by atoms with van der Waals surface area (Å²) in [6.07, 6.45) is 1.00. The van der Waals surface area contributed by atoms with Gasteiger partial charge in [-0.3, -0.25) is 9.69 Å². The van der Waals surface area contributed by atoms with Crippen molar-refractivity contribution in [3.63, 3.8) is 0 Å². The quantitative estimate of drug-likeness (QED) is 0.844. The minimum atomic E-state index is -2.84. The molecule has 2 saturated heterocycles. The lowest BCUT2D eigenvalue weighted by molar-refractivity contribution is 0.0945. The van der Waals surface area contributed by atoms with Crippen molar-refractivity contribution in [2.24, 2.45) is 5.92 Å². The first kappa shape index (κ1) is 17.4. The molecule has 0 bridgehead atoms. The first-order chi connectivity index (χ1) is 11.5. The van der Waals surface area contributed by atoms with E-state index in [2.05, 4.69) is 10.2 Å². The molecular weight excluding hydrogens is 328 g/mol. The number of benzene rings is 1. The molecule has 132 valence electrons. The van der Waals surface area contributed by atoms with E-state index in [9.17, 15) is 13.2 Å². The summed E-state index contributed by atoms with van der Waals surface area (Å²) >= 11 is 0. The van der Waals surface area contributed by atoms with Crippen LogP contribution in [0.1, 0.15) is 22.3 Å². The second-order valence-electron chi connectivity index (χ2n) is 6.56. The van der Waals surface area contributed by atoms with Crippen LogP contribution in [0.2, 0.25) is 0 Å². The van der Waals surface area contributed by atoms with Crippen LogP contribution in [-0.4, -0.2) is 63.6 Å². The molecule has 1 atom stereocenters. The highest BCUT2D eigenvalue weighted by atomic mass is 32.2. The van der Waals surface area contributed by atoms with Crippen LogP contribution in [-0.2, 0) is 21.1 Å². The van der Waals surface area contributed by atoms with E-state index in [4.69, 9.17) is 4.74 Å². The smallest absolute Gasteiger partial charge is 0.251 e. The maximum absolute atomic E-state index is 12.1. The zero-order valence-corrected chi connectivity index (χ0v) is 14.6. The number of hydrogen-bond acceptors (Lipinski definition) is 5. The van der Waals surface area contributed by atoms with Gasteiger partial charge in [-0.2, -0.15) is 0 Å². The van der Waals surface area contributed by atoms with Gasteiger partial charge in [-0.05, 0) is 24.1 Å². The molecule has 1 aromatic rings. The Kier molecular flexibility index (Phi) is 5.53. The lowest BCUT2D eigenvalue weighted by atomic mass is 10.1. The summed E-state index contributed by atoms with van der Waals surface area (Å²) in [4.78, 5) is 14.3. The molecule has 2 aliphatic rings. The van der Waals surface area contributed by atoms with Crippen LogP contribution in [0, 0.1) is 5.92 Å².